The van der Waals surface area contributed by atoms with Gasteiger partial charge < -0.3 is 5.73 Å². The van der Waals surface area contributed by atoms with Crippen molar-refractivity contribution in [1.82, 2.24) is 5.43 Å². The Hall–Kier alpha value is -1.23. The quantitative estimate of drug-likeness (QED) is 0.532. The smallest absolute Gasteiger partial charge is 0.184 e. The number of carbonyl (C=O) groups is 1. The second-order valence-corrected chi connectivity index (χ2v) is 4.59. The number of thiocarbonyl (C=S) groups is 1. The molecule has 0 amide bonds. The summed E-state index contributed by atoms with van der Waals surface area (Å²) in [4.78, 5) is 11.7. The zero-order valence-corrected chi connectivity index (χ0v) is 9.85. The SMILES string of the molecule is NC(=S)NN=C1CCC(=O)C2=CCCCC21. The van der Waals surface area contributed by atoms with E-state index in [9.17, 15) is 4.79 Å². The summed E-state index contributed by atoms with van der Waals surface area (Å²) < 4.78 is 0. The highest BCUT2D eigenvalue weighted by Gasteiger charge is 2.31. The maximum Gasteiger partial charge on any atom is 0.184 e. The van der Waals surface area contributed by atoms with Crippen molar-refractivity contribution in [3.8, 4) is 0 Å². The lowest BCUT2D eigenvalue weighted by molar-refractivity contribution is -0.116. The van der Waals surface area contributed by atoms with Gasteiger partial charge in [0.1, 0.15) is 0 Å². The molecule has 1 saturated carbocycles. The van der Waals surface area contributed by atoms with E-state index in [1.807, 2.05) is 0 Å². The Kier molecular flexibility index (Phi) is 3.33. The summed E-state index contributed by atoms with van der Waals surface area (Å²) in [5, 5.41) is 4.38. The van der Waals surface area contributed by atoms with Crippen LogP contribution in [0, 0.1) is 5.92 Å². The minimum absolute atomic E-state index is 0.172. The van der Waals surface area contributed by atoms with Gasteiger partial charge in [-0.3, -0.25) is 10.2 Å². The summed E-state index contributed by atoms with van der Waals surface area (Å²) in [5.41, 5.74) is 9.92. The standard InChI is InChI=1S/C11H15N3OS/c12-11(16)14-13-9-5-6-10(15)8-4-2-1-3-7(8)9/h4,7H,1-3,5-6H2,(H3,12,14,16). The number of fused-ring (bicyclic) bond motifs is 1. The Morgan fingerprint density at radius 1 is 1.56 bits per heavy atom. The predicted molar refractivity (Wildman–Crippen MR) is 67.0 cm³/mol. The number of nitrogens with one attached hydrogen (secondary N) is 1. The van der Waals surface area contributed by atoms with Crippen molar-refractivity contribution in [3.63, 3.8) is 0 Å². The summed E-state index contributed by atoms with van der Waals surface area (Å²) in [5.74, 6) is 0.468. The summed E-state index contributed by atoms with van der Waals surface area (Å²) in [6.45, 7) is 0. The van der Waals surface area contributed by atoms with E-state index in [0.717, 1.165) is 37.0 Å². The van der Waals surface area contributed by atoms with Gasteiger partial charge in [-0.1, -0.05) is 6.08 Å². The van der Waals surface area contributed by atoms with Gasteiger partial charge in [0, 0.05) is 18.1 Å². The Labute approximate surface area is 100.0 Å². The van der Waals surface area contributed by atoms with Crippen molar-refractivity contribution in [2.24, 2.45) is 16.8 Å². The topological polar surface area (TPSA) is 67.5 Å². The molecule has 5 heteroatoms. The highest BCUT2D eigenvalue weighted by atomic mass is 32.1. The van der Waals surface area contributed by atoms with Gasteiger partial charge in [-0.2, -0.15) is 5.10 Å². The van der Waals surface area contributed by atoms with Crippen LogP contribution in [0.1, 0.15) is 32.1 Å². The number of hydrazone groups is 1. The van der Waals surface area contributed by atoms with Gasteiger partial charge in [-0.25, -0.2) is 0 Å². The van der Waals surface area contributed by atoms with Crippen LogP contribution in [0.25, 0.3) is 0 Å². The number of ketones is 1. The third kappa shape index (κ3) is 2.29. The molecule has 16 heavy (non-hydrogen) atoms. The van der Waals surface area contributed by atoms with Gasteiger partial charge in [-0.05, 0) is 43.5 Å². The molecular formula is C11H15N3OS. The maximum absolute atomic E-state index is 11.7. The molecule has 0 bridgehead atoms. The van der Waals surface area contributed by atoms with Crippen molar-refractivity contribution in [2.75, 3.05) is 0 Å². The van der Waals surface area contributed by atoms with Crippen LogP contribution >= 0.6 is 12.2 Å². The third-order valence-corrected chi connectivity index (χ3v) is 3.17. The zero-order chi connectivity index (χ0) is 11.5. The van der Waals surface area contributed by atoms with E-state index < -0.39 is 0 Å². The Morgan fingerprint density at radius 3 is 3.12 bits per heavy atom. The molecule has 2 aliphatic rings. The van der Waals surface area contributed by atoms with Crippen LogP contribution in [-0.4, -0.2) is 16.6 Å². The zero-order valence-electron chi connectivity index (χ0n) is 9.03. The number of nitrogens with two attached hydrogens (primary N) is 1. The largest absolute Gasteiger partial charge is 0.375 e. The number of Topliss-reactive ketones (excluding diaryl/α,β-unsaturated/α-hetero) is 1. The van der Waals surface area contributed by atoms with Gasteiger partial charge in [0.05, 0.1) is 0 Å². The number of hydrogen-bond donors (Lipinski definition) is 2. The number of rotatable bonds is 1. The molecule has 2 rings (SSSR count). The van der Waals surface area contributed by atoms with Crippen molar-refractivity contribution in [2.45, 2.75) is 32.1 Å². The van der Waals surface area contributed by atoms with Crippen LogP contribution < -0.4 is 11.2 Å². The lowest BCUT2D eigenvalue weighted by Gasteiger charge is -2.29. The molecule has 0 radical (unpaired) electrons. The average Bonchev–Trinajstić information content (AvgIpc) is 2.28. The van der Waals surface area contributed by atoms with E-state index in [1.54, 1.807) is 0 Å². The molecule has 0 aliphatic heterocycles. The van der Waals surface area contributed by atoms with Crippen molar-refractivity contribution in [3.05, 3.63) is 11.6 Å². The molecular weight excluding hydrogens is 222 g/mol. The Balaban J connectivity index is 2.19. The van der Waals surface area contributed by atoms with Gasteiger partial charge >= 0.3 is 0 Å². The fourth-order valence-corrected chi connectivity index (χ4v) is 2.40. The van der Waals surface area contributed by atoms with Crippen molar-refractivity contribution >= 4 is 28.8 Å². The minimum Gasteiger partial charge on any atom is -0.375 e. The van der Waals surface area contributed by atoms with Crippen LogP contribution in [0.4, 0.5) is 0 Å². The van der Waals surface area contributed by atoms with Gasteiger partial charge in [0.25, 0.3) is 0 Å². The number of carbonyl (C=O) groups excluding carboxylic acids is 1. The van der Waals surface area contributed by atoms with Crippen LogP contribution in [0.15, 0.2) is 16.8 Å². The third-order valence-electron chi connectivity index (χ3n) is 3.08. The first-order valence-electron chi connectivity index (χ1n) is 5.53. The van der Waals surface area contributed by atoms with Crippen molar-refractivity contribution in [1.29, 1.82) is 0 Å². The molecule has 86 valence electrons. The number of hydrogen-bond acceptors (Lipinski definition) is 3. The molecule has 3 N–H and O–H groups in total. The first kappa shape index (κ1) is 11.3. The van der Waals surface area contributed by atoms with Crippen LogP contribution in [0.5, 0.6) is 0 Å². The molecule has 1 atom stereocenters. The highest BCUT2D eigenvalue weighted by molar-refractivity contribution is 7.80. The average molecular weight is 237 g/mol. The monoisotopic (exact) mass is 237 g/mol. The van der Waals surface area contributed by atoms with Crippen LogP contribution in [0.2, 0.25) is 0 Å². The van der Waals surface area contributed by atoms with E-state index in [0.29, 0.717) is 6.42 Å². The Bertz CT molecular complexity index is 387. The Morgan fingerprint density at radius 2 is 2.38 bits per heavy atom. The van der Waals surface area contributed by atoms with Gasteiger partial charge in [-0.15, -0.1) is 0 Å². The first-order valence-corrected chi connectivity index (χ1v) is 5.94. The molecule has 0 heterocycles. The normalized spacial score (nSPS) is 27.2. The molecule has 0 saturated heterocycles. The lowest BCUT2D eigenvalue weighted by atomic mass is 9.76. The predicted octanol–water partition coefficient (Wildman–Crippen LogP) is 1.27. The van der Waals surface area contributed by atoms with E-state index in [1.165, 1.54) is 0 Å². The minimum atomic E-state index is 0.172. The molecule has 0 aromatic heterocycles. The van der Waals surface area contributed by atoms with Gasteiger partial charge in [0.2, 0.25) is 0 Å². The van der Waals surface area contributed by atoms with Crippen LogP contribution in [0.3, 0.4) is 0 Å². The van der Waals surface area contributed by atoms with E-state index in [2.05, 4.69) is 16.6 Å². The second-order valence-electron chi connectivity index (χ2n) is 4.15. The maximum atomic E-state index is 11.7. The van der Waals surface area contributed by atoms with Crippen LogP contribution in [-0.2, 0) is 4.79 Å². The molecule has 0 spiro atoms. The highest BCUT2D eigenvalue weighted by Crippen LogP contribution is 2.32. The van der Waals surface area contributed by atoms with E-state index in [4.69, 9.17) is 18.0 Å². The van der Waals surface area contributed by atoms with E-state index >= 15 is 0 Å². The molecule has 0 aromatic rings. The number of nitrogens with zero attached hydrogens (tertiary/aromatic N) is 1. The summed E-state index contributed by atoms with van der Waals surface area (Å²) >= 11 is 4.71. The summed E-state index contributed by atoms with van der Waals surface area (Å²) in [6.07, 6.45) is 6.47. The summed E-state index contributed by atoms with van der Waals surface area (Å²) in [7, 11) is 0. The molecule has 2 aliphatic carbocycles. The molecule has 0 aromatic carbocycles. The molecule has 1 unspecified atom stereocenters. The van der Waals surface area contributed by atoms with E-state index in [-0.39, 0.29) is 16.8 Å². The summed E-state index contributed by atoms with van der Waals surface area (Å²) in [6, 6.07) is 0. The fourth-order valence-electron chi connectivity index (χ4n) is 2.35. The number of allylic oxidation sites excluding steroid dienone is 2. The first-order chi connectivity index (χ1) is 7.68. The van der Waals surface area contributed by atoms with Crippen molar-refractivity contribution < 1.29 is 4.79 Å². The fraction of sp³-hybridized carbons (Fsp3) is 0.545. The molecule has 1 fully saturated rings. The second kappa shape index (κ2) is 4.74. The molecule has 4 nitrogen and oxygen atoms in total. The lowest BCUT2D eigenvalue weighted by Crippen LogP contribution is -2.33. The van der Waals surface area contributed by atoms with Gasteiger partial charge in [0.15, 0.2) is 10.9 Å².